The van der Waals surface area contributed by atoms with Crippen LogP contribution in [0.2, 0.25) is 0 Å². The maximum atomic E-state index is 12.4. The van der Waals surface area contributed by atoms with Crippen LogP contribution in [0.25, 0.3) is 0 Å². The van der Waals surface area contributed by atoms with E-state index in [1.54, 1.807) is 19.3 Å². The minimum atomic E-state index is -0.144. The van der Waals surface area contributed by atoms with Crippen LogP contribution >= 0.6 is 0 Å². The Hall–Kier alpha value is -2.63. The third-order valence-corrected chi connectivity index (χ3v) is 4.30. The van der Waals surface area contributed by atoms with Crippen molar-refractivity contribution in [1.82, 2.24) is 14.9 Å². The molecule has 1 saturated heterocycles. The second kappa shape index (κ2) is 6.86. The number of piperidine rings is 1. The highest BCUT2D eigenvalue weighted by Gasteiger charge is 2.23. The highest BCUT2D eigenvalue weighted by Crippen LogP contribution is 2.18. The number of rotatable bonds is 3. The number of anilines is 1. The SMILES string of the molecule is Cc1cccc(N2CCC[C@@H](NC(=O)c3ccc(=O)n(C)c3)C2)n1. The number of hydrogen-bond acceptors (Lipinski definition) is 4. The fourth-order valence-corrected chi connectivity index (χ4v) is 3.00. The summed E-state index contributed by atoms with van der Waals surface area (Å²) < 4.78 is 1.42. The van der Waals surface area contributed by atoms with Crippen LogP contribution in [0.15, 0.2) is 41.3 Å². The molecular formula is C18H22N4O2. The Morgan fingerprint density at radius 1 is 1.29 bits per heavy atom. The van der Waals surface area contributed by atoms with Crippen LogP contribution in [-0.2, 0) is 7.05 Å². The lowest BCUT2D eigenvalue weighted by molar-refractivity contribution is 0.0932. The van der Waals surface area contributed by atoms with E-state index >= 15 is 0 Å². The van der Waals surface area contributed by atoms with Crippen molar-refractivity contribution in [3.05, 3.63) is 58.1 Å². The number of amides is 1. The zero-order valence-electron chi connectivity index (χ0n) is 14.0. The summed E-state index contributed by atoms with van der Waals surface area (Å²) in [7, 11) is 1.64. The van der Waals surface area contributed by atoms with Crippen LogP contribution in [0.3, 0.4) is 0 Å². The second-order valence-corrected chi connectivity index (χ2v) is 6.26. The maximum absolute atomic E-state index is 12.4. The van der Waals surface area contributed by atoms with Gasteiger partial charge in [-0.25, -0.2) is 4.98 Å². The van der Waals surface area contributed by atoms with Crippen LogP contribution in [-0.4, -0.2) is 34.6 Å². The Bertz CT molecular complexity index is 800. The molecule has 1 aliphatic heterocycles. The van der Waals surface area contributed by atoms with Gasteiger partial charge in [-0.05, 0) is 38.0 Å². The standard InChI is InChI=1S/C18H22N4O2/c1-13-5-3-7-16(19-13)22-10-4-6-15(12-22)20-18(24)14-8-9-17(23)21(2)11-14/h3,5,7-9,11,15H,4,6,10,12H2,1-2H3,(H,20,24)/t15-/m1/s1. The van der Waals surface area contributed by atoms with Crippen molar-refractivity contribution in [3.63, 3.8) is 0 Å². The van der Waals surface area contributed by atoms with Gasteiger partial charge < -0.3 is 14.8 Å². The molecule has 2 aromatic rings. The number of hydrogen-bond donors (Lipinski definition) is 1. The summed E-state index contributed by atoms with van der Waals surface area (Å²) in [5, 5.41) is 3.07. The van der Waals surface area contributed by atoms with Crippen molar-refractivity contribution in [1.29, 1.82) is 0 Å². The van der Waals surface area contributed by atoms with Crippen molar-refractivity contribution in [3.8, 4) is 0 Å². The smallest absolute Gasteiger partial charge is 0.253 e. The molecule has 1 fully saturated rings. The first-order valence-electron chi connectivity index (χ1n) is 8.19. The largest absolute Gasteiger partial charge is 0.355 e. The Labute approximate surface area is 141 Å². The van der Waals surface area contributed by atoms with Crippen molar-refractivity contribution in [2.75, 3.05) is 18.0 Å². The third-order valence-electron chi connectivity index (χ3n) is 4.30. The van der Waals surface area contributed by atoms with E-state index < -0.39 is 0 Å². The predicted octanol–water partition coefficient (Wildman–Crippen LogP) is 1.49. The van der Waals surface area contributed by atoms with E-state index in [0.29, 0.717) is 5.56 Å². The molecule has 24 heavy (non-hydrogen) atoms. The Balaban J connectivity index is 1.67. The lowest BCUT2D eigenvalue weighted by Gasteiger charge is -2.34. The minimum Gasteiger partial charge on any atom is -0.355 e. The Morgan fingerprint density at radius 3 is 2.88 bits per heavy atom. The summed E-state index contributed by atoms with van der Waals surface area (Å²) in [4.78, 5) is 30.6. The number of nitrogens with one attached hydrogen (secondary N) is 1. The van der Waals surface area contributed by atoms with Crippen molar-refractivity contribution >= 4 is 11.7 Å². The summed E-state index contributed by atoms with van der Waals surface area (Å²) in [5.41, 5.74) is 1.37. The molecule has 1 N–H and O–H groups in total. The van der Waals surface area contributed by atoms with Gasteiger partial charge in [-0.15, -0.1) is 0 Å². The van der Waals surface area contributed by atoms with Gasteiger partial charge in [0.15, 0.2) is 0 Å². The number of aromatic nitrogens is 2. The van der Waals surface area contributed by atoms with E-state index in [4.69, 9.17) is 0 Å². The van der Waals surface area contributed by atoms with Gasteiger partial charge in [-0.2, -0.15) is 0 Å². The molecule has 0 radical (unpaired) electrons. The molecule has 0 bridgehead atoms. The first kappa shape index (κ1) is 16.2. The quantitative estimate of drug-likeness (QED) is 0.928. The van der Waals surface area contributed by atoms with E-state index in [2.05, 4.69) is 15.2 Å². The van der Waals surface area contributed by atoms with Gasteiger partial charge in [-0.1, -0.05) is 6.07 Å². The molecule has 0 aromatic carbocycles. The summed E-state index contributed by atoms with van der Waals surface area (Å²) in [6, 6.07) is 9.05. The van der Waals surface area contributed by atoms with Crippen LogP contribution in [0.1, 0.15) is 28.9 Å². The van der Waals surface area contributed by atoms with E-state index in [9.17, 15) is 9.59 Å². The molecule has 2 aromatic heterocycles. The fourth-order valence-electron chi connectivity index (χ4n) is 3.00. The van der Waals surface area contributed by atoms with Gasteiger partial charge >= 0.3 is 0 Å². The summed E-state index contributed by atoms with van der Waals surface area (Å²) in [5.74, 6) is 0.811. The van der Waals surface area contributed by atoms with Gasteiger partial charge in [0.1, 0.15) is 5.82 Å². The summed E-state index contributed by atoms with van der Waals surface area (Å²) in [6.07, 6.45) is 3.52. The monoisotopic (exact) mass is 326 g/mol. The van der Waals surface area contributed by atoms with Crippen LogP contribution in [0.5, 0.6) is 0 Å². The van der Waals surface area contributed by atoms with Crippen molar-refractivity contribution in [2.45, 2.75) is 25.8 Å². The molecule has 1 amide bonds. The van der Waals surface area contributed by atoms with E-state index in [-0.39, 0.29) is 17.5 Å². The first-order chi connectivity index (χ1) is 11.5. The number of pyridine rings is 2. The number of nitrogens with zero attached hydrogens (tertiary/aromatic N) is 3. The van der Waals surface area contributed by atoms with E-state index in [1.165, 1.54) is 10.6 Å². The number of aryl methyl sites for hydroxylation is 2. The molecule has 1 aliphatic rings. The molecule has 0 aliphatic carbocycles. The molecule has 6 nitrogen and oxygen atoms in total. The normalized spacial score (nSPS) is 17.6. The van der Waals surface area contributed by atoms with E-state index in [0.717, 1.165) is 37.4 Å². The van der Waals surface area contributed by atoms with Crippen LogP contribution in [0.4, 0.5) is 5.82 Å². The predicted molar refractivity (Wildman–Crippen MR) is 93.4 cm³/mol. The van der Waals surface area contributed by atoms with E-state index in [1.807, 2.05) is 25.1 Å². The average Bonchev–Trinajstić information content (AvgIpc) is 2.57. The Morgan fingerprint density at radius 2 is 2.12 bits per heavy atom. The zero-order chi connectivity index (χ0) is 17.1. The van der Waals surface area contributed by atoms with Gasteiger partial charge in [0.05, 0.1) is 5.56 Å². The molecule has 6 heteroatoms. The fraction of sp³-hybridized carbons (Fsp3) is 0.389. The van der Waals surface area contributed by atoms with Crippen LogP contribution in [0, 0.1) is 6.92 Å². The number of carbonyl (C=O) groups excluding carboxylic acids is 1. The number of carbonyl (C=O) groups is 1. The highest BCUT2D eigenvalue weighted by atomic mass is 16.2. The zero-order valence-corrected chi connectivity index (χ0v) is 14.0. The Kier molecular flexibility index (Phi) is 4.64. The molecule has 3 rings (SSSR count). The first-order valence-corrected chi connectivity index (χ1v) is 8.19. The van der Waals surface area contributed by atoms with Gasteiger partial charge in [0, 0.05) is 44.1 Å². The van der Waals surface area contributed by atoms with Gasteiger partial charge in [0.25, 0.3) is 5.91 Å². The molecule has 0 saturated carbocycles. The van der Waals surface area contributed by atoms with Crippen LogP contribution < -0.4 is 15.8 Å². The topological polar surface area (TPSA) is 67.2 Å². The summed E-state index contributed by atoms with van der Waals surface area (Å²) >= 11 is 0. The second-order valence-electron chi connectivity index (χ2n) is 6.26. The third kappa shape index (κ3) is 3.64. The van der Waals surface area contributed by atoms with Crippen molar-refractivity contribution < 1.29 is 4.79 Å². The molecule has 126 valence electrons. The van der Waals surface area contributed by atoms with Crippen molar-refractivity contribution in [2.24, 2.45) is 7.05 Å². The summed E-state index contributed by atoms with van der Waals surface area (Å²) in [6.45, 7) is 3.67. The molecular weight excluding hydrogens is 304 g/mol. The molecule has 0 spiro atoms. The maximum Gasteiger partial charge on any atom is 0.253 e. The molecule has 0 unspecified atom stereocenters. The molecule has 3 heterocycles. The molecule has 1 atom stereocenters. The van der Waals surface area contributed by atoms with Gasteiger partial charge in [-0.3, -0.25) is 9.59 Å². The minimum absolute atomic E-state index is 0.0748. The average molecular weight is 326 g/mol. The highest BCUT2D eigenvalue weighted by molar-refractivity contribution is 5.94. The lowest BCUT2D eigenvalue weighted by atomic mass is 10.1. The lowest BCUT2D eigenvalue weighted by Crippen LogP contribution is -2.48. The van der Waals surface area contributed by atoms with Gasteiger partial charge in [0.2, 0.25) is 5.56 Å².